The Labute approximate surface area is 350 Å². The summed E-state index contributed by atoms with van der Waals surface area (Å²) in [6, 6.07) is 31.7. The van der Waals surface area contributed by atoms with Crippen LogP contribution in [-0.4, -0.2) is 9.55 Å². The van der Waals surface area contributed by atoms with E-state index >= 15 is 0 Å². The summed E-state index contributed by atoms with van der Waals surface area (Å²) in [4.78, 5) is 8.35. The summed E-state index contributed by atoms with van der Waals surface area (Å²) in [6.07, 6.45) is 0.0528. The number of ether oxygens (including phenoxy) is 1. The number of anilines is 4. The summed E-state index contributed by atoms with van der Waals surface area (Å²) in [5.41, 5.74) is 4.49. The maximum atomic E-state index is 9.00. The first-order valence-electron chi connectivity index (χ1n) is 24.6. The number of para-hydroxylation sites is 4. The van der Waals surface area contributed by atoms with Gasteiger partial charge in [0, 0.05) is 65.7 Å². The van der Waals surface area contributed by atoms with E-state index in [9.17, 15) is 0 Å². The van der Waals surface area contributed by atoms with E-state index in [2.05, 4.69) is 0 Å². The molecule has 5 nitrogen and oxygen atoms in total. The van der Waals surface area contributed by atoms with Crippen molar-refractivity contribution in [3.8, 4) is 39.6 Å². The number of fused-ring (bicyclic) bond motifs is 4. The van der Waals surface area contributed by atoms with Crippen LogP contribution in [0.25, 0.3) is 49.9 Å². The van der Waals surface area contributed by atoms with Crippen LogP contribution in [-0.2, 0) is 6.37 Å². The average molecular weight is 750 g/mol. The minimum absolute atomic E-state index is 0.124. The third kappa shape index (κ3) is 6.37. The lowest BCUT2D eigenvalue weighted by Gasteiger charge is -2.37. The van der Waals surface area contributed by atoms with Gasteiger partial charge in [0.2, 0.25) is 0 Å². The Balaban J connectivity index is 1.08. The highest BCUT2D eigenvalue weighted by atomic mass is 16.5. The smallest absolute Gasteiger partial charge is 0.137 e. The maximum absolute atomic E-state index is 9.00. The normalized spacial score (nSPS) is 15.7. The summed E-state index contributed by atoms with van der Waals surface area (Å²) in [5.74, 6) is 1.32. The summed E-state index contributed by atoms with van der Waals surface area (Å²) in [5, 5.41) is 1.96. The predicted molar refractivity (Wildman–Crippen MR) is 236 cm³/mol. The van der Waals surface area contributed by atoms with Crippen molar-refractivity contribution in [2.24, 2.45) is 5.92 Å². The summed E-state index contributed by atoms with van der Waals surface area (Å²) < 4.78 is 113. The molecule has 276 valence electrons. The number of hydrogen-bond donors (Lipinski definition) is 0. The van der Waals surface area contributed by atoms with E-state index in [1.807, 2.05) is 114 Å². The van der Waals surface area contributed by atoms with Crippen LogP contribution in [0.5, 0.6) is 11.5 Å². The van der Waals surface area contributed by atoms with Gasteiger partial charge in [0.05, 0.1) is 24.7 Å². The Morgan fingerprint density at radius 1 is 0.632 bits per heavy atom. The van der Waals surface area contributed by atoms with E-state index < -0.39 is 66.8 Å². The molecule has 5 heteroatoms. The predicted octanol–water partition coefficient (Wildman–Crippen LogP) is 13.9. The first-order chi connectivity index (χ1) is 33.0. The van der Waals surface area contributed by atoms with Gasteiger partial charge in [0.1, 0.15) is 17.3 Å². The van der Waals surface area contributed by atoms with Gasteiger partial charge in [-0.15, -0.1) is 6.67 Å². The van der Waals surface area contributed by atoms with Crippen molar-refractivity contribution in [1.29, 1.82) is 0 Å². The molecular weight excluding hydrogens is 697 g/mol. The topological polar surface area (TPSA) is 33.5 Å². The van der Waals surface area contributed by atoms with Crippen LogP contribution in [0.3, 0.4) is 0 Å². The molecule has 2 aromatic heterocycles. The standard InChI is InChI=1S/C52H41N4O/c1-36(2)31-37-29-30-53-51(32-37)56-47-24-10-9-21-45(47)46-28-27-42(34-50(46)56)57-41-20-13-19-40(33-41)54-35-55(49-26-12-11-25-48(49)54)52-43(38-15-5-3-6-16-38)22-14-23-44(52)39-17-7-4-8-18-39/h3-30,32-36H,31H2,1-2H3/q-1/i3D,4D,5D,6D,7D,8D,15D,16D,17D,18D,31D2. The molecule has 9 aromatic rings. The van der Waals surface area contributed by atoms with Crippen molar-refractivity contribution in [1.82, 2.24) is 9.55 Å². The molecule has 0 saturated heterocycles. The first-order valence-corrected chi connectivity index (χ1v) is 18.6. The minimum atomic E-state index is -1.58. The molecular formula is C52H41N4O-. The largest absolute Gasteiger partial charge is 0.473 e. The molecule has 0 fully saturated rings. The van der Waals surface area contributed by atoms with Gasteiger partial charge in [-0.1, -0.05) is 129 Å². The quantitative estimate of drug-likeness (QED) is 0.138. The zero-order valence-electron chi connectivity index (χ0n) is 43.0. The van der Waals surface area contributed by atoms with E-state index in [-0.39, 0.29) is 33.9 Å². The monoisotopic (exact) mass is 749 g/mol. The molecule has 10 rings (SSSR count). The molecule has 0 saturated carbocycles. The van der Waals surface area contributed by atoms with E-state index in [1.54, 1.807) is 48.1 Å². The number of aromatic nitrogens is 2. The van der Waals surface area contributed by atoms with E-state index in [0.29, 0.717) is 39.9 Å². The van der Waals surface area contributed by atoms with Gasteiger partial charge in [0.25, 0.3) is 0 Å². The van der Waals surface area contributed by atoms with Gasteiger partial charge in [-0.25, -0.2) is 4.98 Å². The summed E-state index contributed by atoms with van der Waals surface area (Å²) >= 11 is 0. The van der Waals surface area contributed by atoms with Crippen LogP contribution in [0.15, 0.2) is 188 Å². The highest BCUT2D eigenvalue weighted by molar-refractivity contribution is 6.09. The second-order valence-corrected chi connectivity index (χ2v) is 13.9. The van der Waals surface area contributed by atoms with E-state index in [4.69, 9.17) is 26.2 Å². The molecule has 0 radical (unpaired) electrons. The van der Waals surface area contributed by atoms with Crippen LogP contribution in [0.2, 0.25) is 0 Å². The Morgan fingerprint density at radius 3 is 2.02 bits per heavy atom. The number of hydrogen-bond acceptors (Lipinski definition) is 4. The average Bonchev–Trinajstić information content (AvgIpc) is 3.90. The van der Waals surface area contributed by atoms with Gasteiger partial charge in [-0.3, -0.25) is 4.57 Å². The number of benzene rings is 7. The SMILES string of the molecule is [2H]c1c([2H])c([2H])c(-c2cccc(-c3c([2H])c([2H])c([2H])c([2H])c3[2H])c2N2[CH-]N(c3cccc(Oc4ccc5c6ccccc6n(-c6cc(C([2H])([2H])C(C)C)ccn6)c5c4)c3)c3ccccc32)c([2H])c1[2H]. The molecule has 0 amide bonds. The van der Waals surface area contributed by atoms with Crippen molar-refractivity contribution < 1.29 is 21.2 Å². The molecule has 0 N–H and O–H groups in total. The Morgan fingerprint density at radius 2 is 1.28 bits per heavy atom. The van der Waals surface area contributed by atoms with E-state index in [0.717, 1.165) is 21.8 Å². The van der Waals surface area contributed by atoms with Gasteiger partial charge < -0.3 is 14.5 Å². The maximum Gasteiger partial charge on any atom is 0.137 e. The van der Waals surface area contributed by atoms with Crippen LogP contribution >= 0.6 is 0 Å². The summed E-state index contributed by atoms with van der Waals surface area (Å²) in [7, 11) is 0. The second-order valence-electron chi connectivity index (χ2n) is 13.9. The molecule has 1 aliphatic rings. The lowest BCUT2D eigenvalue weighted by Crippen LogP contribution is -2.18. The molecule has 7 aromatic carbocycles. The molecule has 0 bridgehead atoms. The molecule has 3 heterocycles. The number of pyridine rings is 1. The van der Waals surface area contributed by atoms with Crippen molar-refractivity contribution >= 4 is 44.6 Å². The molecule has 0 atom stereocenters. The van der Waals surface area contributed by atoms with Crippen LogP contribution in [0, 0.1) is 12.6 Å². The van der Waals surface area contributed by atoms with Gasteiger partial charge in [-0.2, -0.15) is 0 Å². The fourth-order valence-corrected chi connectivity index (χ4v) is 7.53. The van der Waals surface area contributed by atoms with Crippen LogP contribution in [0.1, 0.15) is 35.9 Å². The highest BCUT2D eigenvalue weighted by Crippen LogP contribution is 2.51. The van der Waals surface area contributed by atoms with Crippen molar-refractivity contribution in [3.05, 3.63) is 200 Å². The molecule has 0 unspecified atom stereocenters. The zero-order chi connectivity index (χ0) is 48.8. The minimum Gasteiger partial charge on any atom is -0.473 e. The molecule has 0 spiro atoms. The van der Waals surface area contributed by atoms with Gasteiger partial charge in [0.15, 0.2) is 0 Å². The number of nitrogens with zero attached hydrogens (tertiary/aromatic N) is 4. The Kier molecular flexibility index (Phi) is 6.04. The second kappa shape index (κ2) is 14.5. The van der Waals surface area contributed by atoms with Crippen molar-refractivity contribution in [2.45, 2.75) is 20.2 Å². The highest BCUT2D eigenvalue weighted by Gasteiger charge is 2.24. The summed E-state index contributed by atoms with van der Waals surface area (Å²) in [6.45, 7) is 5.46. The van der Waals surface area contributed by atoms with Gasteiger partial charge in [-0.05, 0) is 83.6 Å². The Bertz CT molecular complexity index is 3430. The fourth-order valence-electron chi connectivity index (χ4n) is 7.53. The third-order valence-electron chi connectivity index (χ3n) is 9.85. The van der Waals surface area contributed by atoms with Crippen molar-refractivity contribution in [3.63, 3.8) is 0 Å². The fraction of sp³-hybridized carbons (Fsp3) is 0.0769. The first kappa shape index (κ1) is 23.7. The number of rotatable bonds is 9. The zero-order valence-corrected chi connectivity index (χ0v) is 31.0. The third-order valence-corrected chi connectivity index (χ3v) is 9.85. The van der Waals surface area contributed by atoms with E-state index in [1.165, 1.54) is 0 Å². The van der Waals surface area contributed by atoms with Crippen LogP contribution in [0.4, 0.5) is 22.7 Å². The lowest BCUT2D eigenvalue weighted by atomic mass is 9.95. The molecule has 1 aliphatic heterocycles. The lowest BCUT2D eigenvalue weighted by molar-refractivity contribution is 0.483. The van der Waals surface area contributed by atoms with Crippen LogP contribution < -0.4 is 14.5 Å². The molecule has 0 aliphatic carbocycles. The van der Waals surface area contributed by atoms with Gasteiger partial charge >= 0.3 is 0 Å². The Hall–Kier alpha value is -7.11. The molecule has 57 heavy (non-hydrogen) atoms. The van der Waals surface area contributed by atoms with Crippen molar-refractivity contribution in [2.75, 3.05) is 9.80 Å².